The van der Waals surface area contributed by atoms with E-state index in [0.717, 1.165) is 11.1 Å². The smallest absolute Gasteiger partial charge is 0.260 e. The van der Waals surface area contributed by atoms with E-state index in [1.807, 2.05) is 63.2 Å². The van der Waals surface area contributed by atoms with E-state index in [2.05, 4.69) is 15.3 Å². The topological polar surface area (TPSA) is 58.1 Å². The van der Waals surface area contributed by atoms with Gasteiger partial charge in [0.2, 0.25) is 5.95 Å². The number of halogens is 1. The van der Waals surface area contributed by atoms with Gasteiger partial charge >= 0.3 is 0 Å². The van der Waals surface area contributed by atoms with Crippen molar-refractivity contribution in [2.24, 2.45) is 0 Å². The molecule has 0 aliphatic carbocycles. The summed E-state index contributed by atoms with van der Waals surface area (Å²) in [4.78, 5) is 23.5. The van der Waals surface area contributed by atoms with Gasteiger partial charge in [-0.05, 0) is 44.0 Å². The zero-order valence-corrected chi connectivity index (χ0v) is 16.9. The lowest BCUT2D eigenvalue weighted by Crippen LogP contribution is -2.32. The molecule has 0 aliphatic heterocycles. The lowest BCUT2D eigenvalue weighted by atomic mass is 10.1. The molecule has 6 heteroatoms. The van der Waals surface area contributed by atoms with E-state index in [1.54, 1.807) is 23.2 Å². The van der Waals surface area contributed by atoms with Crippen LogP contribution in [0.3, 0.4) is 0 Å². The van der Waals surface area contributed by atoms with Crippen molar-refractivity contribution in [1.29, 1.82) is 0 Å². The molecule has 1 N–H and O–H groups in total. The number of rotatable bonds is 6. The molecular formula is C22H23ClN4O. The van der Waals surface area contributed by atoms with Gasteiger partial charge in [-0.2, -0.15) is 4.98 Å². The fraction of sp³-hybridized carbons (Fsp3) is 0.227. The number of hydrogen-bond acceptors (Lipinski definition) is 4. The van der Waals surface area contributed by atoms with Crippen LogP contribution < -0.4 is 10.2 Å². The maximum absolute atomic E-state index is 13.1. The van der Waals surface area contributed by atoms with Crippen LogP contribution in [0.4, 0.5) is 11.8 Å². The van der Waals surface area contributed by atoms with Crippen molar-refractivity contribution in [1.82, 2.24) is 9.97 Å². The maximum atomic E-state index is 13.1. The Morgan fingerprint density at radius 2 is 1.89 bits per heavy atom. The Hall–Kier alpha value is -2.92. The minimum Gasteiger partial charge on any atom is -0.348 e. The van der Waals surface area contributed by atoms with Crippen molar-refractivity contribution in [3.63, 3.8) is 0 Å². The third-order valence-corrected chi connectivity index (χ3v) is 5.05. The van der Waals surface area contributed by atoms with Gasteiger partial charge in [0.1, 0.15) is 5.82 Å². The summed E-state index contributed by atoms with van der Waals surface area (Å²) in [6.45, 7) is 6.30. The lowest BCUT2D eigenvalue weighted by molar-refractivity contribution is 0.0987. The number of amides is 1. The Kier molecular flexibility index (Phi) is 6.26. The third-order valence-electron chi connectivity index (χ3n) is 4.55. The molecule has 1 aromatic heterocycles. The fourth-order valence-corrected chi connectivity index (χ4v) is 3.16. The van der Waals surface area contributed by atoms with Crippen molar-refractivity contribution in [3.8, 4) is 0 Å². The first-order valence-corrected chi connectivity index (χ1v) is 9.60. The van der Waals surface area contributed by atoms with E-state index in [9.17, 15) is 4.79 Å². The van der Waals surface area contributed by atoms with Crippen LogP contribution in [-0.2, 0) is 0 Å². The van der Waals surface area contributed by atoms with Crippen LogP contribution in [0.5, 0.6) is 0 Å². The Balaban J connectivity index is 1.85. The molecule has 0 aliphatic rings. The van der Waals surface area contributed by atoms with E-state index in [1.165, 1.54) is 0 Å². The number of nitrogens with zero attached hydrogens (tertiary/aromatic N) is 3. The number of carbonyl (C=O) groups is 1. The second-order valence-electron chi connectivity index (χ2n) is 6.50. The first-order chi connectivity index (χ1) is 13.5. The van der Waals surface area contributed by atoms with Crippen LogP contribution >= 0.6 is 11.6 Å². The fourth-order valence-electron chi connectivity index (χ4n) is 2.96. The molecule has 0 saturated heterocycles. The van der Waals surface area contributed by atoms with Crippen molar-refractivity contribution >= 4 is 29.3 Å². The first kappa shape index (κ1) is 19.8. The van der Waals surface area contributed by atoms with Gasteiger partial charge in [-0.1, -0.05) is 54.1 Å². The molecule has 144 valence electrons. The number of aryl methyl sites for hydroxylation is 1. The third kappa shape index (κ3) is 4.31. The van der Waals surface area contributed by atoms with Crippen LogP contribution in [0.2, 0.25) is 5.02 Å². The zero-order chi connectivity index (χ0) is 20.1. The quantitative estimate of drug-likeness (QED) is 0.618. The van der Waals surface area contributed by atoms with Crippen molar-refractivity contribution in [3.05, 3.63) is 82.5 Å². The van der Waals surface area contributed by atoms with Crippen molar-refractivity contribution in [2.45, 2.75) is 26.8 Å². The van der Waals surface area contributed by atoms with Crippen LogP contribution in [0.1, 0.15) is 41.4 Å². The Labute approximate surface area is 170 Å². The molecule has 0 radical (unpaired) electrons. The summed E-state index contributed by atoms with van der Waals surface area (Å²) in [6, 6.07) is 17.3. The monoisotopic (exact) mass is 394 g/mol. The highest BCUT2D eigenvalue weighted by molar-refractivity contribution is 6.35. The van der Waals surface area contributed by atoms with Gasteiger partial charge in [0.05, 0.1) is 16.6 Å². The molecular weight excluding hydrogens is 372 g/mol. The Morgan fingerprint density at radius 1 is 1.14 bits per heavy atom. The predicted molar refractivity (Wildman–Crippen MR) is 114 cm³/mol. The average Bonchev–Trinajstić information content (AvgIpc) is 2.71. The van der Waals surface area contributed by atoms with Gasteiger partial charge in [0, 0.05) is 12.7 Å². The molecule has 0 fully saturated rings. The second-order valence-corrected chi connectivity index (χ2v) is 6.88. The van der Waals surface area contributed by atoms with Crippen molar-refractivity contribution in [2.75, 3.05) is 16.8 Å². The number of carbonyl (C=O) groups excluding carboxylic acids is 1. The Bertz CT molecular complexity index is 962. The maximum Gasteiger partial charge on any atom is 0.260 e. The molecule has 3 aromatic rings. The van der Waals surface area contributed by atoms with Crippen LogP contribution in [0, 0.1) is 6.92 Å². The molecule has 0 saturated carbocycles. The summed E-state index contributed by atoms with van der Waals surface area (Å²) in [6.07, 6.45) is 1.65. The lowest BCUT2D eigenvalue weighted by Gasteiger charge is -2.22. The molecule has 0 spiro atoms. The van der Waals surface area contributed by atoms with Crippen LogP contribution in [0.15, 0.2) is 60.8 Å². The molecule has 1 amide bonds. The number of aromatic nitrogens is 2. The average molecular weight is 395 g/mol. The van der Waals surface area contributed by atoms with Crippen LogP contribution in [-0.4, -0.2) is 22.4 Å². The van der Waals surface area contributed by atoms with E-state index in [-0.39, 0.29) is 11.9 Å². The van der Waals surface area contributed by atoms with Gasteiger partial charge < -0.3 is 5.32 Å². The highest BCUT2D eigenvalue weighted by atomic mass is 35.5. The summed E-state index contributed by atoms with van der Waals surface area (Å²) in [5.74, 6) is 0.815. The summed E-state index contributed by atoms with van der Waals surface area (Å²) < 4.78 is 0. The molecule has 28 heavy (non-hydrogen) atoms. The summed E-state index contributed by atoms with van der Waals surface area (Å²) in [5, 5.41) is 3.76. The highest BCUT2D eigenvalue weighted by Crippen LogP contribution is 2.24. The van der Waals surface area contributed by atoms with Gasteiger partial charge in [0.15, 0.2) is 0 Å². The number of anilines is 2. The standard InChI is InChI=1S/C22H23ClN4O/c1-4-27(21(28)18-12-8-9-15(2)20(18)23)19-13-14-24-22(26-19)25-16(3)17-10-6-5-7-11-17/h5-14,16H,4H2,1-3H3,(H,24,25,26)/t16-/m0/s1. The number of benzene rings is 2. The minimum absolute atomic E-state index is 0.0356. The Morgan fingerprint density at radius 3 is 2.61 bits per heavy atom. The largest absolute Gasteiger partial charge is 0.348 e. The second kappa shape index (κ2) is 8.85. The predicted octanol–water partition coefficient (Wildman–Crippen LogP) is 5.28. The normalized spacial score (nSPS) is 11.7. The first-order valence-electron chi connectivity index (χ1n) is 9.22. The summed E-state index contributed by atoms with van der Waals surface area (Å²) >= 11 is 6.35. The number of nitrogens with one attached hydrogen (secondary N) is 1. The SMILES string of the molecule is CCN(C(=O)c1cccc(C)c1Cl)c1ccnc(N[C@@H](C)c2ccccc2)n1. The van der Waals surface area contributed by atoms with Gasteiger partial charge in [-0.3, -0.25) is 9.69 Å². The van der Waals surface area contributed by atoms with E-state index < -0.39 is 0 Å². The molecule has 5 nitrogen and oxygen atoms in total. The van der Waals surface area contributed by atoms with E-state index >= 15 is 0 Å². The van der Waals surface area contributed by atoms with Gasteiger partial charge in [-0.15, -0.1) is 0 Å². The van der Waals surface area contributed by atoms with Gasteiger partial charge in [-0.25, -0.2) is 4.98 Å². The molecule has 2 aromatic carbocycles. The molecule has 3 rings (SSSR count). The van der Waals surface area contributed by atoms with Gasteiger partial charge in [0.25, 0.3) is 5.91 Å². The molecule has 1 atom stereocenters. The summed E-state index contributed by atoms with van der Waals surface area (Å²) in [7, 11) is 0. The molecule has 0 unspecified atom stereocenters. The number of hydrogen-bond donors (Lipinski definition) is 1. The van der Waals surface area contributed by atoms with E-state index in [0.29, 0.717) is 28.9 Å². The molecule has 0 bridgehead atoms. The highest BCUT2D eigenvalue weighted by Gasteiger charge is 2.21. The van der Waals surface area contributed by atoms with Crippen LogP contribution in [0.25, 0.3) is 0 Å². The van der Waals surface area contributed by atoms with Crippen molar-refractivity contribution < 1.29 is 4.79 Å². The zero-order valence-electron chi connectivity index (χ0n) is 16.2. The molecule has 1 heterocycles. The minimum atomic E-state index is -0.183. The summed E-state index contributed by atoms with van der Waals surface area (Å²) in [5.41, 5.74) is 2.46. The van der Waals surface area contributed by atoms with E-state index in [4.69, 9.17) is 11.6 Å².